The van der Waals surface area contributed by atoms with Crippen LogP contribution in [0, 0.1) is 0 Å². The number of amides is 2. The standard InChI is InChI=1S/C20H20N2O6S/c1-13-11-18(23)21-15-8-4-5-9-16(15)22(13)19(24)12-28-20(25)14-7-3-6-10-17(14)29(2,26)27/h3-10,13H,11-12H2,1-2H3,(H,21,23)/t13-/m1/s1. The lowest BCUT2D eigenvalue weighted by atomic mass is 10.1. The topological polar surface area (TPSA) is 110 Å². The van der Waals surface area contributed by atoms with E-state index in [2.05, 4.69) is 5.32 Å². The monoisotopic (exact) mass is 416 g/mol. The summed E-state index contributed by atoms with van der Waals surface area (Å²) in [5.74, 6) is -1.66. The number of ether oxygens (including phenoxy) is 1. The molecular formula is C20H20N2O6S. The number of sulfone groups is 1. The molecule has 0 aromatic heterocycles. The number of carbonyl (C=O) groups excluding carboxylic acids is 3. The first-order chi connectivity index (χ1) is 13.7. The number of para-hydroxylation sites is 2. The lowest BCUT2D eigenvalue weighted by molar-refractivity contribution is -0.122. The molecule has 0 saturated carbocycles. The fourth-order valence-electron chi connectivity index (χ4n) is 3.20. The van der Waals surface area contributed by atoms with E-state index in [1.54, 1.807) is 31.2 Å². The first-order valence-electron chi connectivity index (χ1n) is 8.85. The van der Waals surface area contributed by atoms with E-state index in [4.69, 9.17) is 4.74 Å². The molecule has 0 fully saturated rings. The first-order valence-corrected chi connectivity index (χ1v) is 10.7. The second-order valence-corrected chi connectivity index (χ2v) is 8.71. The van der Waals surface area contributed by atoms with Crippen molar-refractivity contribution in [3.05, 3.63) is 54.1 Å². The number of nitrogens with zero attached hydrogens (tertiary/aromatic N) is 1. The van der Waals surface area contributed by atoms with Crippen molar-refractivity contribution < 1.29 is 27.5 Å². The largest absolute Gasteiger partial charge is 0.452 e. The zero-order chi connectivity index (χ0) is 21.2. The Morgan fingerprint density at radius 1 is 1.14 bits per heavy atom. The van der Waals surface area contributed by atoms with E-state index in [0.29, 0.717) is 11.4 Å². The number of rotatable bonds is 4. The van der Waals surface area contributed by atoms with E-state index in [1.807, 2.05) is 0 Å². The number of esters is 1. The van der Waals surface area contributed by atoms with E-state index in [-0.39, 0.29) is 22.8 Å². The highest BCUT2D eigenvalue weighted by Crippen LogP contribution is 2.31. The Bertz CT molecular complexity index is 1080. The highest BCUT2D eigenvalue weighted by molar-refractivity contribution is 7.90. The Morgan fingerprint density at radius 3 is 2.52 bits per heavy atom. The molecule has 1 aliphatic rings. The fourth-order valence-corrected chi connectivity index (χ4v) is 4.08. The summed E-state index contributed by atoms with van der Waals surface area (Å²) >= 11 is 0. The number of carbonyl (C=O) groups is 3. The van der Waals surface area contributed by atoms with Gasteiger partial charge >= 0.3 is 5.97 Å². The van der Waals surface area contributed by atoms with Crippen LogP contribution in [-0.4, -0.2) is 45.1 Å². The van der Waals surface area contributed by atoms with Gasteiger partial charge in [-0.05, 0) is 31.2 Å². The Kier molecular flexibility index (Phi) is 5.69. The minimum absolute atomic E-state index is 0.0886. The van der Waals surface area contributed by atoms with Gasteiger partial charge in [-0.3, -0.25) is 9.59 Å². The zero-order valence-electron chi connectivity index (χ0n) is 15.9. The summed E-state index contributed by atoms with van der Waals surface area (Å²) < 4.78 is 28.9. The van der Waals surface area contributed by atoms with Gasteiger partial charge in [-0.2, -0.15) is 0 Å². The van der Waals surface area contributed by atoms with Gasteiger partial charge in [0.25, 0.3) is 5.91 Å². The second-order valence-electron chi connectivity index (χ2n) is 6.73. The van der Waals surface area contributed by atoms with Gasteiger partial charge in [-0.25, -0.2) is 13.2 Å². The first kappa shape index (κ1) is 20.5. The molecule has 1 N–H and O–H groups in total. The summed E-state index contributed by atoms with van der Waals surface area (Å²) in [4.78, 5) is 38.5. The van der Waals surface area contributed by atoms with E-state index < -0.39 is 34.4 Å². The van der Waals surface area contributed by atoms with Gasteiger partial charge < -0.3 is 15.0 Å². The molecule has 0 radical (unpaired) electrons. The number of anilines is 2. The summed E-state index contributed by atoms with van der Waals surface area (Å²) in [6.07, 6.45) is 1.08. The maximum atomic E-state index is 12.8. The SMILES string of the molecule is C[C@@H]1CC(=O)Nc2ccccc2N1C(=O)COC(=O)c1ccccc1S(C)(=O)=O. The number of hydrogen-bond donors (Lipinski definition) is 1. The molecule has 0 spiro atoms. The predicted molar refractivity (Wildman–Crippen MR) is 106 cm³/mol. The maximum absolute atomic E-state index is 12.8. The number of nitrogens with one attached hydrogen (secondary N) is 1. The van der Waals surface area contributed by atoms with Crippen molar-refractivity contribution in [1.29, 1.82) is 0 Å². The smallest absolute Gasteiger partial charge is 0.339 e. The van der Waals surface area contributed by atoms with Gasteiger partial charge in [0.1, 0.15) is 0 Å². The molecule has 2 aromatic rings. The second kappa shape index (κ2) is 8.04. The van der Waals surface area contributed by atoms with Crippen molar-refractivity contribution in [3.63, 3.8) is 0 Å². The molecule has 0 aliphatic carbocycles. The number of benzene rings is 2. The van der Waals surface area contributed by atoms with Crippen LogP contribution in [0.2, 0.25) is 0 Å². The normalized spacial score (nSPS) is 16.4. The van der Waals surface area contributed by atoms with Crippen LogP contribution in [0.5, 0.6) is 0 Å². The van der Waals surface area contributed by atoms with Gasteiger partial charge in [0, 0.05) is 18.7 Å². The van der Waals surface area contributed by atoms with Crippen LogP contribution in [-0.2, 0) is 24.2 Å². The van der Waals surface area contributed by atoms with Gasteiger partial charge in [0.2, 0.25) is 5.91 Å². The third kappa shape index (κ3) is 4.45. The molecular weight excluding hydrogens is 396 g/mol. The van der Waals surface area contributed by atoms with Crippen molar-refractivity contribution in [2.45, 2.75) is 24.3 Å². The van der Waals surface area contributed by atoms with Crippen molar-refractivity contribution >= 4 is 39.0 Å². The van der Waals surface area contributed by atoms with Crippen LogP contribution in [0.1, 0.15) is 23.7 Å². The lowest BCUT2D eigenvalue weighted by Gasteiger charge is -2.27. The Labute approximate surface area is 168 Å². The Balaban J connectivity index is 1.81. The van der Waals surface area contributed by atoms with Gasteiger partial charge in [0.15, 0.2) is 16.4 Å². The molecule has 1 atom stereocenters. The van der Waals surface area contributed by atoms with Crippen LogP contribution in [0.4, 0.5) is 11.4 Å². The molecule has 3 rings (SSSR count). The molecule has 29 heavy (non-hydrogen) atoms. The lowest BCUT2D eigenvalue weighted by Crippen LogP contribution is -2.41. The molecule has 8 nitrogen and oxygen atoms in total. The van der Waals surface area contributed by atoms with Gasteiger partial charge in [0.05, 0.1) is 21.8 Å². The molecule has 2 aromatic carbocycles. The fraction of sp³-hybridized carbons (Fsp3) is 0.250. The maximum Gasteiger partial charge on any atom is 0.339 e. The minimum Gasteiger partial charge on any atom is -0.452 e. The highest BCUT2D eigenvalue weighted by atomic mass is 32.2. The number of hydrogen-bond acceptors (Lipinski definition) is 6. The molecule has 1 heterocycles. The predicted octanol–water partition coefficient (Wildman–Crippen LogP) is 2.01. The van der Waals surface area contributed by atoms with E-state index in [9.17, 15) is 22.8 Å². The third-order valence-corrected chi connectivity index (χ3v) is 5.62. The minimum atomic E-state index is -3.64. The molecule has 0 unspecified atom stereocenters. The van der Waals surface area contributed by atoms with Gasteiger partial charge in [-0.15, -0.1) is 0 Å². The molecule has 152 valence electrons. The van der Waals surface area contributed by atoms with Crippen LogP contribution >= 0.6 is 0 Å². The van der Waals surface area contributed by atoms with Crippen LogP contribution in [0.25, 0.3) is 0 Å². The summed E-state index contributed by atoms with van der Waals surface area (Å²) in [5, 5.41) is 2.75. The van der Waals surface area contributed by atoms with E-state index in [0.717, 1.165) is 6.26 Å². The van der Waals surface area contributed by atoms with Crippen LogP contribution < -0.4 is 10.2 Å². The average Bonchev–Trinajstić information content (AvgIpc) is 2.79. The molecule has 1 aliphatic heterocycles. The molecule has 2 amide bonds. The van der Waals surface area contributed by atoms with Crippen LogP contribution in [0.15, 0.2) is 53.4 Å². The molecule has 0 bridgehead atoms. The van der Waals surface area contributed by atoms with Crippen molar-refractivity contribution in [1.82, 2.24) is 0 Å². The quantitative estimate of drug-likeness (QED) is 0.764. The molecule has 0 saturated heterocycles. The summed E-state index contributed by atoms with van der Waals surface area (Å²) in [5.41, 5.74) is 0.858. The average molecular weight is 416 g/mol. The summed E-state index contributed by atoms with van der Waals surface area (Å²) in [6, 6.07) is 12.0. The number of fused-ring (bicyclic) bond motifs is 1. The summed E-state index contributed by atoms with van der Waals surface area (Å²) in [7, 11) is -3.64. The third-order valence-electron chi connectivity index (χ3n) is 4.46. The molecule has 9 heteroatoms. The Morgan fingerprint density at radius 2 is 1.79 bits per heavy atom. The van der Waals surface area contributed by atoms with Crippen molar-refractivity contribution in [2.75, 3.05) is 23.1 Å². The van der Waals surface area contributed by atoms with Crippen LogP contribution in [0.3, 0.4) is 0 Å². The van der Waals surface area contributed by atoms with E-state index in [1.165, 1.54) is 29.2 Å². The summed E-state index contributed by atoms with van der Waals surface area (Å²) in [6.45, 7) is 1.13. The highest BCUT2D eigenvalue weighted by Gasteiger charge is 2.30. The van der Waals surface area contributed by atoms with Gasteiger partial charge in [-0.1, -0.05) is 24.3 Å². The van der Waals surface area contributed by atoms with Crippen molar-refractivity contribution in [2.24, 2.45) is 0 Å². The zero-order valence-corrected chi connectivity index (χ0v) is 16.7. The Hall–Kier alpha value is -3.20. The van der Waals surface area contributed by atoms with Crippen molar-refractivity contribution in [3.8, 4) is 0 Å². The van der Waals surface area contributed by atoms with E-state index >= 15 is 0 Å².